The first-order chi connectivity index (χ1) is 7.77. The number of rotatable bonds is 4. The van der Waals surface area contributed by atoms with E-state index in [9.17, 15) is 9.18 Å². The maximum Gasteiger partial charge on any atom is 0.185 e. The maximum atomic E-state index is 11.9. The van der Waals surface area contributed by atoms with Gasteiger partial charge in [0.1, 0.15) is 0 Å². The zero-order valence-electron chi connectivity index (χ0n) is 9.06. The van der Waals surface area contributed by atoms with Crippen molar-refractivity contribution < 1.29 is 9.18 Å². The summed E-state index contributed by atoms with van der Waals surface area (Å²) >= 11 is 0. The maximum absolute atomic E-state index is 11.9. The molecule has 1 aromatic carbocycles. The monoisotopic (exact) mass is 216 g/mol. The summed E-state index contributed by atoms with van der Waals surface area (Å²) in [7, 11) is 0. The van der Waals surface area contributed by atoms with Crippen LogP contribution >= 0.6 is 0 Å². The lowest BCUT2D eigenvalue weighted by Crippen LogP contribution is -1.92. The van der Waals surface area contributed by atoms with Gasteiger partial charge < -0.3 is 0 Å². The smallest absolute Gasteiger partial charge is 0.185 e. The third kappa shape index (κ3) is 3.65. The Hall–Kier alpha value is -1.96. The Balaban J connectivity index is 2.75. The molecule has 16 heavy (non-hydrogen) atoms. The third-order valence-corrected chi connectivity index (χ3v) is 2.07. The zero-order valence-corrected chi connectivity index (χ0v) is 9.06. The van der Waals surface area contributed by atoms with E-state index < -0.39 is 0 Å². The second-order valence-corrected chi connectivity index (χ2v) is 3.14. The quantitative estimate of drug-likeness (QED) is 0.424. The topological polar surface area (TPSA) is 17.1 Å². The van der Waals surface area contributed by atoms with Crippen LogP contribution in [0.4, 0.5) is 4.39 Å². The predicted octanol–water partition coefficient (Wildman–Crippen LogP) is 3.86. The highest BCUT2D eigenvalue weighted by Crippen LogP contribution is 2.04. The molecule has 1 nitrogen and oxygen atoms in total. The van der Waals surface area contributed by atoms with Crippen molar-refractivity contribution in [3.63, 3.8) is 0 Å². The molecule has 0 bridgehead atoms. The van der Waals surface area contributed by atoms with Crippen LogP contribution in [0.5, 0.6) is 0 Å². The van der Waals surface area contributed by atoms with Gasteiger partial charge in [-0.05, 0) is 24.6 Å². The van der Waals surface area contributed by atoms with Gasteiger partial charge in [0.2, 0.25) is 0 Å². The fourth-order valence-electron chi connectivity index (χ4n) is 1.19. The van der Waals surface area contributed by atoms with E-state index >= 15 is 0 Å². The van der Waals surface area contributed by atoms with Crippen LogP contribution in [0.15, 0.2) is 66.5 Å². The van der Waals surface area contributed by atoms with E-state index in [1.165, 1.54) is 12.2 Å². The van der Waals surface area contributed by atoms with E-state index in [1.54, 1.807) is 43.3 Å². The number of hydrogen-bond donors (Lipinski definition) is 0. The lowest BCUT2D eigenvalue weighted by molar-refractivity contribution is 0.104. The minimum atomic E-state index is -0.0905. The summed E-state index contributed by atoms with van der Waals surface area (Å²) in [6.45, 7) is 1.78. The van der Waals surface area contributed by atoms with E-state index in [0.717, 1.165) is 0 Å². The molecular formula is C14H13FO. The van der Waals surface area contributed by atoms with Gasteiger partial charge in [0, 0.05) is 5.56 Å². The van der Waals surface area contributed by atoms with Crippen LogP contribution in [0.3, 0.4) is 0 Å². The molecule has 82 valence electrons. The lowest BCUT2D eigenvalue weighted by Gasteiger charge is -1.94. The molecule has 0 aromatic heterocycles. The largest absolute Gasteiger partial charge is 0.289 e. The van der Waals surface area contributed by atoms with Gasteiger partial charge in [0.15, 0.2) is 5.78 Å². The van der Waals surface area contributed by atoms with Gasteiger partial charge in [-0.3, -0.25) is 4.79 Å². The van der Waals surface area contributed by atoms with Crippen LogP contribution in [-0.4, -0.2) is 5.78 Å². The average molecular weight is 216 g/mol. The molecule has 0 aliphatic heterocycles. The Kier molecular flexibility index (Phi) is 4.93. The van der Waals surface area contributed by atoms with Crippen molar-refractivity contribution in [3.05, 3.63) is 72.1 Å². The van der Waals surface area contributed by atoms with Gasteiger partial charge in [0.25, 0.3) is 0 Å². The van der Waals surface area contributed by atoms with Crippen molar-refractivity contribution in [2.75, 3.05) is 0 Å². The Bertz CT molecular complexity index is 427. The number of ketones is 1. The number of benzene rings is 1. The minimum absolute atomic E-state index is 0.0905. The van der Waals surface area contributed by atoms with Crippen molar-refractivity contribution in [3.8, 4) is 0 Å². The Morgan fingerprint density at radius 1 is 1.12 bits per heavy atom. The van der Waals surface area contributed by atoms with Crippen LogP contribution < -0.4 is 0 Å². The molecular weight excluding hydrogens is 203 g/mol. The van der Waals surface area contributed by atoms with Gasteiger partial charge in [-0.2, -0.15) is 0 Å². The van der Waals surface area contributed by atoms with Crippen molar-refractivity contribution in [1.29, 1.82) is 0 Å². The van der Waals surface area contributed by atoms with Crippen molar-refractivity contribution >= 4 is 5.78 Å². The average Bonchev–Trinajstić information content (AvgIpc) is 2.35. The standard InChI is InChI=1S/C14H13FO/c1-2-12(10-11-15)8-9-14(16)13-6-4-3-5-7-13/h2-11H,1H3/b9-8+,11-10-,12-2-. The van der Waals surface area contributed by atoms with E-state index in [4.69, 9.17) is 0 Å². The molecule has 0 unspecified atom stereocenters. The SMILES string of the molecule is C/C=C(\C=C/F)/C=C/C(=O)c1ccccc1. The molecule has 0 radical (unpaired) electrons. The third-order valence-electron chi connectivity index (χ3n) is 2.07. The van der Waals surface area contributed by atoms with Crippen LogP contribution in [-0.2, 0) is 0 Å². The molecule has 0 heterocycles. The molecule has 0 amide bonds. The molecule has 0 aliphatic rings. The number of hydrogen-bond acceptors (Lipinski definition) is 1. The number of allylic oxidation sites excluding steroid dienone is 5. The van der Waals surface area contributed by atoms with Crippen LogP contribution in [0.1, 0.15) is 17.3 Å². The summed E-state index contributed by atoms with van der Waals surface area (Å²) in [5.41, 5.74) is 1.28. The summed E-state index contributed by atoms with van der Waals surface area (Å²) in [5, 5.41) is 0. The first-order valence-corrected chi connectivity index (χ1v) is 4.98. The molecule has 1 rings (SSSR count). The van der Waals surface area contributed by atoms with Crippen molar-refractivity contribution in [2.24, 2.45) is 0 Å². The number of carbonyl (C=O) groups is 1. The molecule has 0 aliphatic carbocycles. The number of halogens is 1. The summed E-state index contributed by atoms with van der Waals surface area (Å²) in [5.74, 6) is -0.0905. The lowest BCUT2D eigenvalue weighted by atomic mass is 10.1. The van der Waals surface area contributed by atoms with E-state index in [0.29, 0.717) is 17.5 Å². The molecule has 0 saturated carbocycles. The molecule has 2 heteroatoms. The van der Waals surface area contributed by atoms with Crippen LogP contribution in [0, 0.1) is 0 Å². The molecule has 0 fully saturated rings. The zero-order chi connectivity index (χ0) is 11.8. The van der Waals surface area contributed by atoms with E-state index in [1.807, 2.05) is 6.07 Å². The summed E-state index contributed by atoms with van der Waals surface area (Å²) in [4.78, 5) is 11.6. The molecule has 0 spiro atoms. The Morgan fingerprint density at radius 2 is 1.81 bits per heavy atom. The van der Waals surface area contributed by atoms with Crippen molar-refractivity contribution in [2.45, 2.75) is 6.92 Å². The van der Waals surface area contributed by atoms with Crippen LogP contribution in [0.25, 0.3) is 0 Å². The molecule has 1 aromatic rings. The van der Waals surface area contributed by atoms with Gasteiger partial charge in [-0.25, -0.2) is 4.39 Å². The predicted molar refractivity (Wildman–Crippen MR) is 63.9 cm³/mol. The first kappa shape index (κ1) is 12.1. The molecule has 0 atom stereocenters. The molecule has 0 saturated heterocycles. The highest BCUT2D eigenvalue weighted by atomic mass is 19.1. The second kappa shape index (κ2) is 6.51. The minimum Gasteiger partial charge on any atom is -0.289 e. The first-order valence-electron chi connectivity index (χ1n) is 4.98. The Labute approximate surface area is 94.6 Å². The normalized spacial score (nSPS) is 12.5. The van der Waals surface area contributed by atoms with Gasteiger partial charge in [0.05, 0.1) is 6.33 Å². The summed E-state index contributed by atoms with van der Waals surface area (Å²) < 4.78 is 11.9. The van der Waals surface area contributed by atoms with E-state index in [-0.39, 0.29) is 5.78 Å². The second-order valence-electron chi connectivity index (χ2n) is 3.14. The van der Waals surface area contributed by atoms with E-state index in [2.05, 4.69) is 0 Å². The van der Waals surface area contributed by atoms with Gasteiger partial charge in [-0.1, -0.05) is 42.5 Å². The van der Waals surface area contributed by atoms with Gasteiger partial charge in [-0.15, -0.1) is 0 Å². The Morgan fingerprint density at radius 3 is 2.38 bits per heavy atom. The summed E-state index contributed by atoms with van der Waals surface area (Å²) in [6, 6.07) is 8.95. The highest BCUT2D eigenvalue weighted by molar-refractivity contribution is 6.04. The van der Waals surface area contributed by atoms with Gasteiger partial charge >= 0.3 is 0 Å². The molecule has 0 N–H and O–H groups in total. The highest BCUT2D eigenvalue weighted by Gasteiger charge is 1.98. The fourth-order valence-corrected chi connectivity index (χ4v) is 1.19. The van der Waals surface area contributed by atoms with Crippen LogP contribution in [0.2, 0.25) is 0 Å². The summed E-state index contributed by atoms with van der Waals surface area (Å²) in [6.07, 6.45) is 6.50. The fraction of sp³-hybridized carbons (Fsp3) is 0.0714. The van der Waals surface area contributed by atoms with Crippen molar-refractivity contribution in [1.82, 2.24) is 0 Å². The number of carbonyl (C=O) groups excluding carboxylic acids is 1.